The van der Waals surface area contributed by atoms with Gasteiger partial charge in [0.15, 0.2) is 0 Å². The van der Waals surface area contributed by atoms with Gasteiger partial charge >= 0.3 is 5.97 Å². The topological polar surface area (TPSA) is 68.3 Å². The van der Waals surface area contributed by atoms with E-state index in [1.54, 1.807) is 36.4 Å². The molecule has 3 rings (SSSR count). The summed E-state index contributed by atoms with van der Waals surface area (Å²) in [6, 6.07) is 12.8. The van der Waals surface area contributed by atoms with E-state index in [9.17, 15) is 14.0 Å². The lowest BCUT2D eigenvalue weighted by molar-refractivity contribution is -0.131. The first-order chi connectivity index (χ1) is 13.0. The van der Waals surface area contributed by atoms with Gasteiger partial charge in [-0.2, -0.15) is 0 Å². The number of carbonyl (C=O) groups is 2. The Morgan fingerprint density at radius 2 is 2.00 bits per heavy atom. The summed E-state index contributed by atoms with van der Waals surface area (Å²) in [5, 5.41) is 5.41. The number of halogens is 1. The summed E-state index contributed by atoms with van der Waals surface area (Å²) in [6.07, 6.45) is 0.535. The molecule has 2 aromatic carbocycles. The van der Waals surface area contributed by atoms with Crippen LogP contribution >= 0.6 is 11.3 Å². The van der Waals surface area contributed by atoms with Crippen molar-refractivity contribution >= 4 is 23.2 Å². The zero-order valence-corrected chi connectivity index (χ0v) is 15.4. The predicted octanol–water partition coefficient (Wildman–Crippen LogP) is 3.85. The van der Waals surface area contributed by atoms with Crippen molar-refractivity contribution in [2.75, 3.05) is 6.54 Å². The number of ether oxygens (including phenoxy) is 1. The molecule has 0 aliphatic heterocycles. The Hall–Kier alpha value is -3.06. The molecule has 1 N–H and O–H groups in total. The van der Waals surface area contributed by atoms with E-state index in [2.05, 4.69) is 10.3 Å². The molecule has 1 heterocycles. The van der Waals surface area contributed by atoms with Crippen LogP contribution in [0.4, 0.5) is 4.39 Å². The summed E-state index contributed by atoms with van der Waals surface area (Å²) in [5.74, 6) is -0.887. The van der Waals surface area contributed by atoms with Crippen LogP contribution in [0.2, 0.25) is 0 Å². The van der Waals surface area contributed by atoms with Crippen LogP contribution in [0, 0.1) is 5.82 Å². The van der Waals surface area contributed by atoms with Gasteiger partial charge in [-0.15, -0.1) is 11.3 Å². The van der Waals surface area contributed by atoms with Crippen LogP contribution in [0.1, 0.15) is 23.0 Å². The summed E-state index contributed by atoms with van der Waals surface area (Å²) >= 11 is 1.43. The lowest BCUT2D eigenvalue weighted by Crippen LogP contribution is -2.26. The van der Waals surface area contributed by atoms with E-state index in [1.807, 2.05) is 5.38 Å². The van der Waals surface area contributed by atoms with E-state index in [0.717, 1.165) is 16.3 Å². The quantitative estimate of drug-likeness (QED) is 0.518. The maximum absolute atomic E-state index is 13.3. The molecule has 0 spiro atoms. The number of nitrogens with one attached hydrogen (secondary N) is 1. The van der Waals surface area contributed by atoms with Crippen molar-refractivity contribution in [3.05, 3.63) is 71.0 Å². The van der Waals surface area contributed by atoms with Crippen LogP contribution < -0.4 is 10.1 Å². The Bertz CT molecular complexity index is 971. The van der Waals surface area contributed by atoms with E-state index in [-0.39, 0.29) is 17.5 Å². The molecule has 0 unspecified atom stereocenters. The monoisotopic (exact) mass is 384 g/mol. The number of rotatable bonds is 6. The highest BCUT2D eigenvalue weighted by atomic mass is 32.1. The third-order valence-corrected chi connectivity index (χ3v) is 4.62. The van der Waals surface area contributed by atoms with E-state index in [0.29, 0.717) is 18.5 Å². The fourth-order valence-electron chi connectivity index (χ4n) is 2.47. The number of hydrogen-bond donors (Lipinski definition) is 1. The summed E-state index contributed by atoms with van der Waals surface area (Å²) in [6.45, 7) is 1.66. The van der Waals surface area contributed by atoms with Crippen molar-refractivity contribution in [3.63, 3.8) is 0 Å². The largest absolute Gasteiger partial charge is 0.426 e. The SMILES string of the molecule is CC(=O)Oc1ccccc1C(=O)NCCc1csc(-c2cccc(F)c2)n1. The highest BCUT2D eigenvalue weighted by Crippen LogP contribution is 2.24. The fraction of sp³-hybridized carbons (Fsp3) is 0.150. The van der Waals surface area contributed by atoms with E-state index in [4.69, 9.17) is 4.74 Å². The van der Waals surface area contributed by atoms with Crippen LogP contribution in [0.15, 0.2) is 53.9 Å². The minimum atomic E-state index is -0.484. The number of para-hydroxylation sites is 1. The molecule has 7 heteroatoms. The van der Waals surface area contributed by atoms with Gasteiger partial charge in [-0.1, -0.05) is 24.3 Å². The molecule has 0 fully saturated rings. The molecular formula is C20H17FN2O3S. The number of hydrogen-bond acceptors (Lipinski definition) is 5. The highest BCUT2D eigenvalue weighted by molar-refractivity contribution is 7.13. The second-order valence-electron chi connectivity index (χ2n) is 5.75. The average molecular weight is 384 g/mol. The van der Waals surface area contributed by atoms with Gasteiger partial charge in [-0.05, 0) is 24.3 Å². The minimum Gasteiger partial charge on any atom is -0.426 e. The third kappa shape index (κ3) is 4.98. The van der Waals surface area contributed by atoms with Gasteiger partial charge in [-0.25, -0.2) is 9.37 Å². The van der Waals surface area contributed by atoms with Gasteiger partial charge in [0.05, 0.1) is 11.3 Å². The van der Waals surface area contributed by atoms with E-state index < -0.39 is 5.97 Å². The van der Waals surface area contributed by atoms with Gasteiger partial charge < -0.3 is 10.1 Å². The van der Waals surface area contributed by atoms with Crippen molar-refractivity contribution in [3.8, 4) is 16.3 Å². The fourth-order valence-corrected chi connectivity index (χ4v) is 3.32. The Balaban J connectivity index is 1.59. The molecule has 1 aromatic heterocycles. The minimum absolute atomic E-state index is 0.226. The summed E-state index contributed by atoms with van der Waals surface area (Å²) in [7, 11) is 0. The lowest BCUT2D eigenvalue weighted by atomic mass is 10.2. The highest BCUT2D eigenvalue weighted by Gasteiger charge is 2.13. The smallest absolute Gasteiger partial charge is 0.308 e. The molecule has 0 aliphatic carbocycles. The van der Waals surface area contributed by atoms with Gasteiger partial charge in [0.2, 0.25) is 0 Å². The van der Waals surface area contributed by atoms with Crippen LogP contribution in [0.3, 0.4) is 0 Å². The van der Waals surface area contributed by atoms with Crippen molar-refractivity contribution < 1.29 is 18.7 Å². The van der Waals surface area contributed by atoms with Gasteiger partial charge in [0, 0.05) is 30.8 Å². The van der Waals surface area contributed by atoms with Gasteiger partial charge in [0.25, 0.3) is 5.91 Å². The van der Waals surface area contributed by atoms with Crippen molar-refractivity contribution in [1.82, 2.24) is 10.3 Å². The number of nitrogens with zero attached hydrogens (tertiary/aromatic N) is 1. The molecule has 27 heavy (non-hydrogen) atoms. The Labute approximate surface area is 159 Å². The first-order valence-electron chi connectivity index (χ1n) is 8.29. The molecule has 0 bridgehead atoms. The third-order valence-electron chi connectivity index (χ3n) is 3.68. The second kappa shape index (κ2) is 8.55. The number of benzene rings is 2. The van der Waals surface area contributed by atoms with Crippen molar-refractivity contribution in [2.45, 2.75) is 13.3 Å². The molecule has 5 nitrogen and oxygen atoms in total. The van der Waals surface area contributed by atoms with Crippen molar-refractivity contribution in [1.29, 1.82) is 0 Å². The molecule has 3 aromatic rings. The first kappa shape index (κ1) is 18.7. The number of thiazole rings is 1. The molecule has 0 atom stereocenters. The van der Waals surface area contributed by atoms with Crippen LogP contribution in [0.5, 0.6) is 5.75 Å². The Morgan fingerprint density at radius 3 is 2.78 bits per heavy atom. The van der Waals surface area contributed by atoms with Crippen LogP contribution in [-0.4, -0.2) is 23.4 Å². The normalized spacial score (nSPS) is 10.4. The molecule has 138 valence electrons. The Kier molecular flexibility index (Phi) is 5.93. The molecule has 0 saturated heterocycles. The predicted molar refractivity (Wildman–Crippen MR) is 101 cm³/mol. The zero-order valence-electron chi connectivity index (χ0n) is 14.6. The number of aromatic nitrogens is 1. The molecule has 0 aliphatic rings. The Morgan fingerprint density at radius 1 is 1.19 bits per heavy atom. The number of esters is 1. The van der Waals surface area contributed by atoms with Crippen molar-refractivity contribution in [2.24, 2.45) is 0 Å². The lowest BCUT2D eigenvalue weighted by Gasteiger charge is -2.09. The van der Waals surface area contributed by atoms with Crippen LogP contribution in [-0.2, 0) is 11.2 Å². The van der Waals surface area contributed by atoms with Gasteiger partial charge in [-0.3, -0.25) is 9.59 Å². The summed E-state index contributed by atoms with van der Waals surface area (Å²) in [5.41, 5.74) is 1.84. The average Bonchev–Trinajstić information content (AvgIpc) is 3.10. The van der Waals surface area contributed by atoms with E-state index >= 15 is 0 Å². The molecular weight excluding hydrogens is 367 g/mol. The standard InChI is InChI=1S/C20H17FN2O3S/c1-13(24)26-18-8-3-2-7-17(18)19(25)22-10-9-16-12-27-20(23-16)14-5-4-6-15(21)11-14/h2-8,11-12H,9-10H2,1H3,(H,22,25). The number of amides is 1. The summed E-state index contributed by atoms with van der Waals surface area (Å²) in [4.78, 5) is 28.0. The molecule has 0 radical (unpaired) electrons. The second-order valence-corrected chi connectivity index (χ2v) is 6.61. The summed E-state index contributed by atoms with van der Waals surface area (Å²) < 4.78 is 18.4. The number of carbonyl (C=O) groups excluding carboxylic acids is 2. The molecule has 0 saturated carbocycles. The molecule has 1 amide bonds. The first-order valence-corrected chi connectivity index (χ1v) is 9.17. The van der Waals surface area contributed by atoms with Crippen LogP contribution in [0.25, 0.3) is 10.6 Å². The van der Waals surface area contributed by atoms with Gasteiger partial charge in [0.1, 0.15) is 16.6 Å². The zero-order chi connectivity index (χ0) is 19.2. The maximum atomic E-state index is 13.3. The van der Waals surface area contributed by atoms with E-state index in [1.165, 1.54) is 30.4 Å². The maximum Gasteiger partial charge on any atom is 0.308 e.